The summed E-state index contributed by atoms with van der Waals surface area (Å²) < 4.78 is 0. The highest BCUT2D eigenvalue weighted by atomic mass is 16.3. The molecule has 0 spiro atoms. The first-order chi connectivity index (χ1) is 8.15. The molecule has 0 aromatic heterocycles. The molecule has 1 aromatic rings. The molecule has 5 nitrogen and oxygen atoms in total. The first kappa shape index (κ1) is 13.0. The number of hydrogen-bond acceptors (Lipinski definition) is 3. The summed E-state index contributed by atoms with van der Waals surface area (Å²) in [6, 6.07) is 8.18. The van der Waals surface area contributed by atoms with Crippen LogP contribution in [-0.2, 0) is 0 Å². The maximum absolute atomic E-state index is 11.5. The molecule has 0 bridgehead atoms. The van der Waals surface area contributed by atoms with E-state index in [1.165, 1.54) is 0 Å². The van der Waals surface area contributed by atoms with E-state index in [2.05, 4.69) is 10.6 Å². The van der Waals surface area contributed by atoms with Gasteiger partial charge in [0.2, 0.25) is 0 Å². The Balaban J connectivity index is 2.48. The fraction of sp³-hybridized carbons (Fsp3) is 0.333. The van der Waals surface area contributed by atoms with Gasteiger partial charge in [0.15, 0.2) is 0 Å². The quantitative estimate of drug-likeness (QED) is 0.735. The number of aliphatic hydroxyl groups excluding tert-OH is 1. The Morgan fingerprint density at radius 3 is 2.65 bits per heavy atom. The Morgan fingerprint density at radius 1 is 1.47 bits per heavy atom. The molecule has 0 aliphatic carbocycles. The standard InChI is InChI=1S/C12H15N3O2/c1-9(6-7-16)14-12(17)15-11-4-2-10(8-13)3-5-11/h2-5,9,16H,6-7H2,1H3,(H2,14,15,17). The Morgan fingerprint density at radius 2 is 2.12 bits per heavy atom. The zero-order valence-corrected chi connectivity index (χ0v) is 9.60. The van der Waals surface area contributed by atoms with Gasteiger partial charge in [0, 0.05) is 18.3 Å². The highest BCUT2D eigenvalue weighted by Gasteiger charge is 2.06. The number of carbonyl (C=O) groups is 1. The van der Waals surface area contributed by atoms with Gasteiger partial charge in [-0.1, -0.05) is 0 Å². The molecule has 1 rings (SSSR count). The van der Waals surface area contributed by atoms with Crippen molar-refractivity contribution in [3.63, 3.8) is 0 Å². The number of benzene rings is 1. The Labute approximate surface area is 100 Å². The predicted octanol–water partition coefficient (Wildman–Crippen LogP) is 1.45. The zero-order chi connectivity index (χ0) is 12.7. The number of nitrogens with zero attached hydrogens (tertiary/aromatic N) is 1. The number of carbonyl (C=O) groups excluding carboxylic acids is 1. The van der Waals surface area contributed by atoms with Crippen LogP contribution in [0.25, 0.3) is 0 Å². The van der Waals surface area contributed by atoms with Crippen molar-refractivity contribution < 1.29 is 9.90 Å². The lowest BCUT2D eigenvalue weighted by Crippen LogP contribution is -2.36. The molecule has 0 saturated carbocycles. The van der Waals surface area contributed by atoms with Crippen LogP contribution in [0.2, 0.25) is 0 Å². The van der Waals surface area contributed by atoms with Crippen LogP contribution in [0.5, 0.6) is 0 Å². The highest BCUT2D eigenvalue weighted by molar-refractivity contribution is 5.89. The van der Waals surface area contributed by atoms with Gasteiger partial charge < -0.3 is 15.7 Å². The molecule has 5 heteroatoms. The Bertz CT molecular complexity index is 409. The topological polar surface area (TPSA) is 85.2 Å². The number of aliphatic hydroxyl groups is 1. The molecule has 0 heterocycles. The molecule has 0 aliphatic heterocycles. The average molecular weight is 233 g/mol. The van der Waals surface area contributed by atoms with Gasteiger partial charge in [-0.25, -0.2) is 4.79 Å². The molecule has 1 aromatic carbocycles. The second-order valence-electron chi connectivity index (χ2n) is 3.70. The molecular formula is C12H15N3O2. The van der Waals surface area contributed by atoms with Gasteiger partial charge in [-0.15, -0.1) is 0 Å². The third kappa shape index (κ3) is 4.53. The van der Waals surface area contributed by atoms with Crippen LogP contribution in [-0.4, -0.2) is 23.8 Å². The predicted molar refractivity (Wildman–Crippen MR) is 64.5 cm³/mol. The van der Waals surface area contributed by atoms with Crippen LogP contribution in [0.4, 0.5) is 10.5 Å². The van der Waals surface area contributed by atoms with Gasteiger partial charge in [0.25, 0.3) is 0 Å². The monoisotopic (exact) mass is 233 g/mol. The van der Waals surface area contributed by atoms with E-state index >= 15 is 0 Å². The van der Waals surface area contributed by atoms with Crippen LogP contribution in [0, 0.1) is 11.3 Å². The Kier molecular flexibility index (Phi) is 4.98. The number of anilines is 1. The van der Waals surface area contributed by atoms with Gasteiger partial charge >= 0.3 is 6.03 Å². The van der Waals surface area contributed by atoms with Crippen molar-refractivity contribution in [3.05, 3.63) is 29.8 Å². The summed E-state index contributed by atoms with van der Waals surface area (Å²) in [6.07, 6.45) is 0.515. The smallest absolute Gasteiger partial charge is 0.319 e. The second-order valence-corrected chi connectivity index (χ2v) is 3.70. The number of hydrogen-bond donors (Lipinski definition) is 3. The first-order valence-electron chi connectivity index (χ1n) is 5.34. The van der Waals surface area contributed by atoms with E-state index in [9.17, 15) is 4.79 Å². The molecule has 0 radical (unpaired) electrons. The molecule has 0 saturated heterocycles. The molecule has 1 atom stereocenters. The minimum absolute atomic E-state index is 0.0400. The van der Waals surface area contributed by atoms with Gasteiger partial charge in [-0.05, 0) is 37.6 Å². The van der Waals surface area contributed by atoms with Crippen LogP contribution in [0.3, 0.4) is 0 Å². The summed E-state index contributed by atoms with van der Waals surface area (Å²) in [5.74, 6) is 0. The minimum Gasteiger partial charge on any atom is -0.396 e. The van der Waals surface area contributed by atoms with E-state index in [1.54, 1.807) is 24.3 Å². The summed E-state index contributed by atoms with van der Waals surface area (Å²) in [4.78, 5) is 11.5. The number of nitrogens with one attached hydrogen (secondary N) is 2. The first-order valence-corrected chi connectivity index (χ1v) is 5.34. The number of urea groups is 1. The van der Waals surface area contributed by atoms with Crippen molar-refractivity contribution in [2.75, 3.05) is 11.9 Å². The molecule has 17 heavy (non-hydrogen) atoms. The molecule has 0 fully saturated rings. The van der Waals surface area contributed by atoms with Gasteiger partial charge in [0.05, 0.1) is 11.6 Å². The maximum Gasteiger partial charge on any atom is 0.319 e. The Hall–Kier alpha value is -2.06. The highest BCUT2D eigenvalue weighted by Crippen LogP contribution is 2.08. The fourth-order valence-electron chi connectivity index (χ4n) is 1.28. The van der Waals surface area contributed by atoms with E-state index in [0.717, 1.165) is 0 Å². The van der Waals surface area contributed by atoms with E-state index in [1.807, 2.05) is 13.0 Å². The zero-order valence-electron chi connectivity index (χ0n) is 9.60. The lowest BCUT2D eigenvalue weighted by atomic mass is 10.2. The minimum atomic E-state index is -0.323. The van der Waals surface area contributed by atoms with E-state index in [4.69, 9.17) is 10.4 Å². The molecule has 3 N–H and O–H groups in total. The largest absolute Gasteiger partial charge is 0.396 e. The molecule has 0 aliphatic rings. The molecule has 1 unspecified atom stereocenters. The molecule has 2 amide bonds. The van der Waals surface area contributed by atoms with Gasteiger partial charge in [-0.3, -0.25) is 0 Å². The molecular weight excluding hydrogens is 218 g/mol. The summed E-state index contributed by atoms with van der Waals surface area (Å²) in [7, 11) is 0. The lowest BCUT2D eigenvalue weighted by molar-refractivity contribution is 0.241. The summed E-state index contributed by atoms with van der Waals surface area (Å²) >= 11 is 0. The summed E-state index contributed by atoms with van der Waals surface area (Å²) in [5, 5.41) is 22.6. The SMILES string of the molecule is CC(CCO)NC(=O)Nc1ccc(C#N)cc1. The van der Waals surface area contributed by atoms with Crippen molar-refractivity contribution in [1.82, 2.24) is 5.32 Å². The number of nitriles is 1. The molecule has 90 valence electrons. The van der Waals surface area contributed by atoms with E-state index in [0.29, 0.717) is 17.7 Å². The average Bonchev–Trinajstić information content (AvgIpc) is 2.30. The van der Waals surface area contributed by atoms with Crippen LogP contribution < -0.4 is 10.6 Å². The van der Waals surface area contributed by atoms with Gasteiger partial charge in [-0.2, -0.15) is 5.26 Å². The maximum atomic E-state index is 11.5. The van der Waals surface area contributed by atoms with Crippen molar-refractivity contribution >= 4 is 11.7 Å². The fourth-order valence-corrected chi connectivity index (χ4v) is 1.28. The third-order valence-corrected chi connectivity index (χ3v) is 2.21. The van der Waals surface area contributed by atoms with E-state index in [-0.39, 0.29) is 18.7 Å². The number of rotatable bonds is 4. The van der Waals surface area contributed by atoms with Crippen molar-refractivity contribution in [2.24, 2.45) is 0 Å². The van der Waals surface area contributed by atoms with Crippen LogP contribution >= 0.6 is 0 Å². The number of amides is 2. The van der Waals surface area contributed by atoms with E-state index < -0.39 is 0 Å². The summed E-state index contributed by atoms with van der Waals surface area (Å²) in [6.45, 7) is 1.85. The second kappa shape index (κ2) is 6.51. The lowest BCUT2D eigenvalue weighted by Gasteiger charge is -2.13. The normalized spacial score (nSPS) is 11.4. The van der Waals surface area contributed by atoms with Crippen molar-refractivity contribution in [3.8, 4) is 6.07 Å². The van der Waals surface area contributed by atoms with Crippen molar-refractivity contribution in [1.29, 1.82) is 5.26 Å². The van der Waals surface area contributed by atoms with Crippen molar-refractivity contribution in [2.45, 2.75) is 19.4 Å². The van der Waals surface area contributed by atoms with Gasteiger partial charge in [0.1, 0.15) is 0 Å². The third-order valence-electron chi connectivity index (χ3n) is 2.21. The van der Waals surface area contributed by atoms with Crippen LogP contribution in [0.15, 0.2) is 24.3 Å². The van der Waals surface area contributed by atoms with Crippen LogP contribution in [0.1, 0.15) is 18.9 Å². The summed E-state index contributed by atoms with van der Waals surface area (Å²) in [5.41, 5.74) is 1.17.